The van der Waals surface area contributed by atoms with E-state index in [9.17, 15) is 4.39 Å². The molecule has 3 rings (SSSR count). The van der Waals surface area contributed by atoms with Crippen molar-refractivity contribution in [1.29, 1.82) is 0 Å². The number of hydrogen-bond donors (Lipinski definition) is 0. The largest absolute Gasteiger partial charge is 0.355 e. The predicted molar refractivity (Wildman–Crippen MR) is 55.7 cm³/mol. The summed E-state index contributed by atoms with van der Waals surface area (Å²) in [6, 6.07) is 0. The average molecular weight is 207 g/mol. The molecular formula is C11H14FN3. The Kier molecular flexibility index (Phi) is 2.08. The van der Waals surface area contributed by atoms with Gasteiger partial charge in [0.2, 0.25) is 0 Å². The minimum atomic E-state index is -0.205. The molecule has 0 radical (unpaired) electrons. The van der Waals surface area contributed by atoms with Gasteiger partial charge in [0.25, 0.3) is 0 Å². The SMILES string of the molecule is FCC1CN(c2ncnc3c2CCC3)C1. The summed E-state index contributed by atoms with van der Waals surface area (Å²) in [6.07, 6.45) is 4.98. The first-order valence-corrected chi connectivity index (χ1v) is 5.52. The van der Waals surface area contributed by atoms with Crippen molar-refractivity contribution < 1.29 is 4.39 Å². The lowest BCUT2D eigenvalue weighted by atomic mass is 10.0. The Morgan fingerprint density at radius 1 is 1.33 bits per heavy atom. The lowest BCUT2D eigenvalue weighted by molar-refractivity contribution is 0.304. The van der Waals surface area contributed by atoms with Crippen molar-refractivity contribution in [3.8, 4) is 0 Å². The number of anilines is 1. The van der Waals surface area contributed by atoms with Crippen LogP contribution >= 0.6 is 0 Å². The monoisotopic (exact) mass is 207 g/mol. The zero-order valence-corrected chi connectivity index (χ0v) is 8.62. The maximum absolute atomic E-state index is 12.3. The van der Waals surface area contributed by atoms with E-state index in [1.54, 1.807) is 6.33 Å². The summed E-state index contributed by atoms with van der Waals surface area (Å²) >= 11 is 0. The van der Waals surface area contributed by atoms with E-state index in [0.29, 0.717) is 0 Å². The standard InChI is InChI=1S/C11H14FN3/c12-4-8-5-15(6-8)11-9-2-1-3-10(9)13-7-14-11/h7-8H,1-6H2. The number of rotatable bonds is 2. The second kappa shape index (κ2) is 3.43. The second-order valence-electron chi connectivity index (χ2n) is 4.40. The summed E-state index contributed by atoms with van der Waals surface area (Å²) in [4.78, 5) is 10.8. The van der Waals surface area contributed by atoms with Crippen LogP contribution in [-0.2, 0) is 12.8 Å². The van der Waals surface area contributed by atoms with Gasteiger partial charge < -0.3 is 4.90 Å². The molecule has 0 amide bonds. The molecule has 4 heteroatoms. The summed E-state index contributed by atoms with van der Waals surface area (Å²) in [5.41, 5.74) is 2.50. The lowest BCUT2D eigenvalue weighted by Crippen LogP contribution is -2.48. The van der Waals surface area contributed by atoms with Crippen molar-refractivity contribution in [3.05, 3.63) is 17.6 Å². The number of halogens is 1. The Labute approximate surface area is 88.3 Å². The topological polar surface area (TPSA) is 29.0 Å². The quantitative estimate of drug-likeness (QED) is 0.733. The van der Waals surface area contributed by atoms with Crippen molar-refractivity contribution in [2.45, 2.75) is 19.3 Å². The Bertz CT molecular complexity index is 374. The van der Waals surface area contributed by atoms with E-state index < -0.39 is 0 Å². The smallest absolute Gasteiger partial charge is 0.135 e. The molecule has 3 nitrogen and oxygen atoms in total. The minimum absolute atomic E-state index is 0.205. The van der Waals surface area contributed by atoms with E-state index in [1.807, 2.05) is 0 Å². The van der Waals surface area contributed by atoms with E-state index in [2.05, 4.69) is 14.9 Å². The van der Waals surface area contributed by atoms with Crippen LogP contribution < -0.4 is 4.90 Å². The van der Waals surface area contributed by atoms with E-state index in [-0.39, 0.29) is 12.6 Å². The molecule has 15 heavy (non-hydrogen) atoms. The highest BCUT2D eigenvalue weighted by atomic mass is 19.1. The Morgan fingerprint density at radius 3 is 3.00 bits per heavy atom. The summed E-state index contributed by atoms with van der Waals surface area (Å²) in [6.45, 7) is 1.43. The van der Waals surface area contributed by atoms with Crippen LogP contribution in [0.25, 0.3) is 0 Å². The first kappa shape index (κ1) is 9.07. The molecule has 1 aliphatic carbocycles. The maximum Gasteiger partial charge on any atom is 0.135 e. The molecule has 0 atom stereocenters. The first-order chi connectivity index (χ1) is 7.38. The molecule has 80 valence electrons. The Hall–Kier alpha value is -1.19. The average Bonchev–Trinajstić information content (AvgIpc) is 2.64. The fraction of sp³-hybridized carbons (Fsp3) is 0.636. The molecule has 0 saturated carbocycles. The minimum Gasteiger partial charge on any atom is -0.355 e. The molecule has 1 fully saturated rings. The molecule has 1 saturated heterocycles. The van der Waals surface area contributed by atoms with Gasteiger partial charge in [-0.1, -0.05) is 0 Å². The molecule has 0 N–H and O–H groups in total. The van der Waals surface area contributed by atoms with E-state index >= 15 is 0 Å². The summed E-state index contributed by atoms with van der Waals surface area (Å²) < 4.78 is 12.3. The van der Waals surface area contributed by atoms with Crippen molar-refractivity contribution >= 4 is 5.82 Å². The Balaban J connectivity index is 1.84. The van der Waals surface area contributed by atoms with Crippen molar-refractivity contribution in [2.75, 3.05) is 24.7 Å². The van der Waals surface area contributed by atoms with Gasteiger partial charge >= 0.3 is 0 Å². The second-order valence-corrected chi connectivity index (χ2v) is 4.40. The van der Waals surface area contributed by atoms with Gasteiger partial charge in [-0.25, -0.2) is 9.97 Å². The van der Waals surface area contributed by atoms with Gasteiger partial charge in [0.15, 0.2) is 0 Å². The van der Waals surface area contributed by atoms with Crippen LogP contribution in [0, 0.1) is 5.92 Å². The number of hydrogen-bond acceptors (Lipinski definition) is 3. The fourth-order valence-electron chi connectivity index (χ4n) is 2.46. The number of aryl methyl sites for hydroxylation is 1. The zero-order chi connectivity index (χ0) is 10.3. The van der Waals surface area contributed by atoms with Gasteiger partial charge in [0.05, 0.1) is 6.67 Å². The third-order valence-electron chi connectivity index (χ3n) is 3.33. The zero-order valence-electron chi connectivity index (χ0n) is 8.62. The van der Waals surface area contributed by atoms with Gasteiger partial charge in [-0.05, 0) is 19.3 Å². The molecule has 1 aliphatic heterocycles. The van der Waals surface area contributed by atoms with Crippen LogP contribution in [0.5, 0.6) is 0 Å². The molecule has 0 aromatic carbocycles. The number of alkyl halides is 1. The van der Waals surface area contributed by atoms with Gasteiger partial charge in [0, 0.05) is 30.3 Å². The van der Waals surface area contributed by atoms with Crippen LogP contribution in [0.1, 0.15) is 17.7 Å². The van der Waals surface area contributed by atoms with E-state index in [1.165, 1.54) is 17.7 Å². The summed E-state index contributed by atoms with van der Waals surface area (Å²) in [5, 5.41) is 0. The molecular weight excluding hydrogens is 193 g/mol. The lowest BCUT2D eigenvalue weighted by Gasteiger charge is -2.39. The van der Waals surface area contributed by atoms with Crippen LogP contribution in [0.4, 0.5) is 10.2 Å². The highest BCUT2D eigenvalue weighted by Crippen LogP contribution is 2.31. The molecule has 1 aromatic rings. The number of aromatic nitrogens is 2. The van der Waals surface area contributed by atoms with Crippen LogP contribution in [0.3, 0.4) is 0 Å². The third-order valence-corrected chi connectivity index (χ3v) is 3.33. The maximum atomic E-state index is 12.3. The van der Waals surface area contributed by atoms with Crippen LogP contribution in [-0.4, -0.2) is 29.7 Å². The van der Waals surface area contributed by atoms with Gasteiger partial charge in [-0.15, -0.1) is 0 Å². The van der Waals surface area contributed by atoms with Crippen LogP contribution in [0.15, 0.2) is 6.33 Å². The van der Waals surface area contributed by atoms with Crippen molar-refractivity contribution in [1.82, 2.24) is 9.97 Å². The first-order valence-electron chi connectivity index (χ1n) is 5.52. The Morgan fingerprint density at radius 2 is 2.20 bits per heavy atom. The normalized spacial score (nSPS) is 20.2. The van der Waals surface area contributed by atoms with Crippen molar-refractivity contribution in [3.63, 3.8) is 0 Å². The molecule has 2 heterocycles. The highest BCUT2D eigenvalue weighted by molar-refractivity contribution is 5.52. The molecule has 0 unspecified atom stereocenters. The molecule has 0 spiro atoms. The molecule has 2 aliphatic rings. The predicted octanol–water partition coefficient (Wildman–Crippen LogP) is 1.37. The van der Waals surface area contributed by atoms with Crippen LogP contribution in [0.2, 0.25) is 0 Å². The van der Waals surface area contributed by atoms with Crippen molar-refractivity contribution in [2.24, 2.45) is 5.92 Å². The highest BCUT2D eigenvalue weighted by Gasteiger charge is 2.30. The van der Waals surface area contributed by atoms with Gasteiger partial charge in [-0.3, -0.25) is 4.39 Å². The fourth-order valence-corrected chi connectivity index (χ4v) is 2.46. The summed E-state index contributed by atoms with van der Waals surface area (Å²) in [5.74, 6) is 1.28. The number of nitrogens with zero attached hydrogens (tertiary/aromatic N) is 3. The molecule has 1 aromatic heterocycles. The third kappa shape index (κ3) is 1.39. The summed E-state index contributed by atoms with van der Waals surface area (Å²) in [7, 11) is 0. The van der Waals surface area contributed by atoms with E-state index in [4.69, 9.17) is 0 Å². The van der Waals surface area contributed by atoms with Gasteiger partial charge in [-0.2, -0.15) is 0 Å². The molecule has 0 bridgehead atoms. The van der Waals surface area contributed by atoms with E-state index in [0.717, 1.165) is 31.7 Å². The van der Waals surface area contributed by atoms with Gasteiger partial charge in [0.1, 0.15) is 12.1 Å². The number of fused-ring (bicyclic) bond motifs is 1.